The van der Waals surface area contributed by atoms with Crippen LogP contribution in [0.4, 0.5) is 0 Å². The number of nitrogens with two attached hydrogens (primary N) is 1. The van der Waals surface area contributed by atoms with Crippen LogP contribution in [-0.4, -0.2) is 60.4 Å². The van der Waals surface area contributed by atoms with Crippen molar-refractivity contribution in [3.05, 3.63) is 35.9 Å². The zero-order valence-corrected chi connectivity index (χ0v) is 14.3. The van der Waals surface area contributed by atoms with Crippen LogP contribution in [0.3, 0.4) is 0 Å². The molecule has 0 radical (unpaired) electrons. The average Bonchev–Trinajstić information content (AvgIpc) is 2.61. The lowest BCUT2D eigenvalue weighted by Gasteiger charge is -2.37. The number of ether oxygens (including phenoxy) is 1. The van der Waals surface area contributed by atoms with E-state index in [1.165, 1.54) is 0 Å². The Balaban J connectivity index is 1.59. The van der Waals surface area contributed by atoms with Crippen molar-refractivity contribution in [1.29, 1.82) is 0 Å². The first-order chi connectivity index (χ1) is 11.6. The van der Waals surface area contributed by atoms with Crippen molar-refractivity contribution in [1.82, 2.24) is 9.80 Å². The minimum Gasteiger partial charge on any atom is -0.377 e. The first kappa shape index (κ1) is 18.4. The molecule has 0 aliphatic carbocycles. The standard InChI is InChI=1S/C18H27N3O3/c1-15(18(19)23)20-9-11-21(12-10-20)17(22)8-5-13-24-14-16-6-3-2-4-7-16/h2-4,6-7,15H,5,8-14H2,1H3,(H2,19,23)/t15-/m1/s1. The van der Waals surface area contributed by atoms with E-state index < -0.39 is 0 Å². The fourth-order valence-corrected chi connectivity index (χ4v) is 2.79. The summed E-state index contributed by atoms with van der Waals surface area (Å²) in [5, 5.41) is 0. The lowest BCUT2D eigenvalue weighted by molar-refractivity contribution is -0.134. The predicted molar refractivity (Wildman–Crippen MR) is 92.1 cm³/mol. The zero-order valence-electron chi connectivity index (χ0n) is 14.3. The van der Waals surface area contributed by atoms with Crippen LogP contribution in [0.25, 0.3) is 0 Å². The van der Waals surface area contributed by atoms with E-state index >= 15 is 0 Å². The van der Waals surface area contributed by atoms with Crippen LogP contribution in [0.5, 0.6) is 0 Å². The number of benzene rings is 1. The van der Waals surface area contributed by atoms with Gasteiger partial charge in [-0.15, -0.1) is 0 Å². The number of amides is 2. The van der Waals surface area contributed by atoms with Gasteiger partial charge in [-0.25, -0.2) is 0 Å². The fourth-order valence-electron chi connectivity index (χ4n) is 2.79. The molecule has 2 N–H and O–H groups in total. The summed E-state index contributed by atoms with van der Waals surface area (Å²) in [5.41, 5.74) is 6.46. The molecule has 1 atom stereocenters. The number of hydrogen-bond donors (Lipinski definition) is 1. The molecule has 1 aromatic rings. The number of carbonyl (C=O) groups excluding carboxylic acids is 2. The van der Waals surface area contributed by atoms with Crippen LogP contribution in [0.2, 0.25) is 0 Å². The molecule has 0 bridgehead atoms. The highest BCUT2D eigenvalue weighted by atomic mass is 16.5. The Bertz CT molecular complexity index is 528. The summed E-state index contributed by atoms with van der Waals surface area (Å²) in [5.74, 6) is -0.157. The van der Waals surface area contributed by atoms with Crippen molar-refractivity contribution < 1.29 is 14.3 Å². The van der Waals surface area contributed by atoms with Crippen molar-refractivity contribution >= 4 is 11.8 Å². The molecule has 6 nitrogen and oxygen atoms in total. The lowest BCUT2D eigenvalue weighted by atomic mass is 10.2. The average molecular weight is 333 g/mol. The van der Waals surface area contributed by atoms with Crippen LogP contribution >= 0.6 is 0 Å². The maximum absolute atomic E-state index is 12.2. The summed E-state index contributed by atoms with van der Waals surface area (Å²) in [6.07, 6.45) is 1.23. The number of piperazine rings is 1. The highest BCUT2D eigenvalue weighted by Crippen LogP contribution is 2.09. The van der Waals surface area contributed by atoms with Gasteiger partial charge in [0.1, 0.15) is 0 Å². The maximum Gasteiger partial charge on any atom is 0.234 e. The van der Waals surface area contributed by atoms with Gasteiger partial charge in [0.05, 0.1) is 12.6 Å². The molecule has 2 rings (SSSR count). The van der Waals surface area contributed by atoms with Gasteiger partial charge in [0.15, 0.2) is 0 Å². The molecule has 1 saturated heterocycles. The van der Waals surface area contributed by atoms with Gasteiger partial charge in [-0.05, 0) is 18.9 Å². The second kappa shape index (κ2) is 9.39. The second-order valence-corrected chi connectivity index (χ2v) is 6.14. The minimum atomic E-state index is -0.314. The van der Waals surface area contributed by atoms with E-state index in [9.17, 15) is 9.59 Å². The topological polar surface area (TPSA) is 75.9 Å². The fraction of sp³-hybridized carbons (Fsp3) is 0.556. The zero-order chi connectivity index (χ0) is 17.4. The van der Waals surface area contributed by atoms with Gasteiger partial charge in [0.2, 0.25) is 11.8 Å². The van der Waals surface area contributed by atoms with E-state index in [-0.39, 0.29) is 17.9 Å². The van der Waals surface area contributed by atoms with Gasteiger partial charge >= 0.3 is 0 Å². The van der Waals surface area contributed by atoms with Crippen molar-refractivity contribution in [3.63, 3.8) is 0 Å². The molecule has 1 aliphatic rings. The van der Waals surface area contributed by atoms with Gasteiger partial charge in [0, 0.05) is 39.2 Å². The van der Waals surface area contributed by atoms with Crippen LogP contribution in [-0.2, 0) is 20.9 Å². The molecule has 1 aromatic carbocycles. The smallest absolute Gasteiger partial charge is 0.234 e. The molecule has 1 fully saturated rings. The molecule has 6 heteroatoms. The van der Waals surface area contributed by atoms with E-state index in [0.29, 0.717) is 45.8 Å². The molecule has 132 valence electrons. The van der Waals surface area contributed by atoms with E-state index in [2.05, 4.69) is 0 Å². The van der Waals surface area contributed by atoms with Gasteiger partial charge < -0.3 is 15.4 Å². The Morgan fingerprint density at radius 2 is 1.83 bits per heavy atom. The molecular formula is C18H27N3O3. The molecule has 1 heterocycles. The Morgan fingerprint density at radius 1 is 1.17 bits per heavy atom. The predicted octanol–water partition coefficient (Wildman–Crippen LogP) is 1.00. The van der Waals surface area contributed by atoms with Gasteiger partial charge in [-0.3, -0.25) is 14.5 Å². The highest BCUT2D eigenvalue weighted by Gasteiger charge is 2.25. The normalized spacial score (nSPS) is 16.8. The summed E-state index contributed by atoms with van der Waals surface area (Å²) in [6, 6.07) is 9.73. The number of rotatable bonds is 8. The molecular weight excluding hydrogens is 306 g/mol. The quantitative estimate of drug-likeness (QED) is 0.720. The lowest BCUT2D eigenvalue weighted by Crippen LogP contribution is -2.54. The Hall–Kier alpha value is -1.92. The largest absolute Gasteiger partial charge is 0.377 e. The van der Waals surface area contributed by atoms with Crippen molar-refractivity contribution in [2.24, 2.45) is 5.73 Å². The third-order valence-electron chi connectivity index (χ3n) is 4.42. The summed E-state index contributed by atoms with van der Waals surface area (Å²) < 4.78 is 5.60. The van der Waals surface area contributed by atoms with E-state index in [0.717, 1.165) is 12.0 Å². The van der Waals surface area contributed by atoms with Crippen LogP contribution in [0, 0.1) is 0 Å². The molecule has 0 saturated carbocycles. The monoisotopic (exact) mass is 333 g/mol. The first-order valence-corrected chi connectivity index (χ1v) is 8.50. The van der Waals surface area contributed by atoms with Crippen LogP contribution in [0.15, 0.2) is 30.3 Å². The van der Waals surface area contributed by atoms with E-state index in [4.69, 9.17) is 10.5 Å². The third-order valence-corrected chi connectivity index (χ3v) is 4.42. The maximum atomic E-state index is 12.2. The summed E-state index contributed by atoms with van der Waals surface area (Å²) in [4.78, 5) is 27.3. The molecule has 0 aromatic heterocycles. The molecule has 0 spiro atoms. The van der Waals surface area contributed by atoms with E-state index in [1.807, 2.05) is 47.1 Å². The van der Waals surface area contributed by atoms with Crippen LogP contribution < -0.4 is 5.73 Å². The number of carbonyl (C=O) groups is 2. The number of nitrogens with zero attached hydrogens (tertiary/aromatic N) is 2. The minimum absolute atomic E-state index is 0.157. The SMILES string of the molecule is C[C@H](C(N)=O)N1CCN(C(=O)CCCOCc2ccccc2)CC1. The van der Waals surface area contributed by atoms with Crippen molar-refractivity contribution in [3.8, 4) is 0 Å². The van der Waals surface area contributed by atoms with Gasteiger partial charge in [-0.1, -0.05) is 30.3 Å². The molecule has 2 amide bonds. The molecule has 24 heavy (non-hydrogen) atoms. The highest BCUT2D eigenvalue weighted by molar-refractivity contribution is 5.79. The van der Waals surface area contributed by atoms with Crippen LogP contribution in [0.1, 0.15) is 25.3 Å². The Labute approximate surface area is 143 Å². The van der Waals surface area contributed by atoms with Gasteiger partial charge in [0.25, 0.3) is 0 Å². The van der Waals surface area contributed by atoms with E-state index in [1.54, 1.807) is 0 Å². The first-order valence-electron chi connectivity index (χ1n) is 8.50. The second-order valence-electron chi connectivity index (χ2n) is 6.14. The Kier molecular flexibility index (Phi) is 7.21. The molecule has 1 aliphatic heterocycles. The summed E-state index contributed by atoms with van der Waals surface area (Å²) in [6.45, 7) is 5.67. The number of primary amides is 1. The van der Waals surface area contributed by atoms with Crippen molar-refractivity contribution in [2.45, 2.75) is 32.4 Å². The summed E-state index contributed by atoms with van der Waals surface area (Å²) in [7, 11) is 0. The summed E-state index contributed by atoms with van der Waals surface area (Å²) >= 11 is 0. The third kappa shape index (κ3) is 5.62. The Morgan fingerprint density at radius 3 is 2.46 bits per heavy atom. The van der Waals surface area contributed by atoms with Crippen molar-refractivity contribution in [2.75, 3.05) is 32.8 Å². The number of hydrogen-bond acceptors (Lipinski definition) is 4. The van der Waals surface area contributed by atoms with Gasteiger partial charge in [-0.2, -0.15) is 0 Å². The molecule has 0 unspecified atom stereocenters.